The molecular weight excluding hydrogens is 360 g/mol. The highest BCUT2D eigenvalue weighted by Crippen LogP contribution is 2.44. The molecule has 0 saturated carbocycles. The number of nitrogens with zero attached hydrogens (tertiary/aromatic N) is 1. The fourth-order valence-corrected chi connectivity index (χ4v) is 5.63. The van der Waals surface area contributed by atoms with Crippen molar-refractivity contribution < 1.29 is 0 Å². The van der Waals surface area contributed by atoms with E-state index in [4.69, 9.17) is 0 Å². The van der Waals surface area contributed by atoms with E-state index < -0.39 is 0 Å². The van der Waals surface area contributed by atoms with Gasteiger partial charge in [-0.1, -0.05) is 42.5 Å². The molecule has 2 nitrogen and oxygen atoms in total. The van der Waals surface area contributed by atoms with Crippen LogP contribution in [0.2, 0.25) is 0 Å². The molecule has 3 heterocycles. The first-order chi connectivity index (χ1) is 13.7. The van der Waals surface area contributed by atoms with Crippen LogP contribution in [0.3, 0.4) is 0 Å². The monoisotopic (exact) mass is 384 g/mol. The normalized spacial score (nSPS) is 12.8. The molecule has 0 bridgehead atoms. The molecule has 1 atom stereocenters. The molecule has 3 heteroatoms. The molecule has 0 radical (unpaired) electrons. The molecule has 2 aromatic carbocycles. The summed E-state index contributed by atoms with van der Waals surface area (Å²) in [5.74, 6) is 0.230. The van der Waals surface area contributed by atoms with Gasteiger partial charge in [0.2, 0.25) is 0 Å². The first-order valence-electron chi connectivity index (χ1n) is 9.89. The summed E-state index contributed by atoms with van der Waals surface area (Å²) >= 11 is 1.85. The van der Waals surface area contributed by atoms with Gasteiger partial charge in [-0.3, -0.25) is 0 Å². The maximum atomic E-state index is 3.63. The first-order valence-corrected chi connectivity index (χ1v) is 10.8. The topological polar surface area (TPSA) is 20.7 Å². The Morgan fingerprint density at radius 1 is 0.893 bits per heavy atom. The van der Waals surface area contributed by atoms with Gasteiger partial charge in [0.05, 0.1) is 0 Å². The fourth-order valence-electron chi connectivity index (χ4n) is 4.78. The Morgan fingerprint density at radius 2 is 1.64 bits per heavy atom. The molecule has 0 aliphatic carbocycles. The van der Waals surface area contributed by atoms with Gasteiger partial charge in [-0.25, -0.2) is 0 Å². The predicted octanol–water partition coefficient (Wildman–Crippen LogP) is 7.00. The summed E-state index contributed by atoms with van der Waals surface area (Å²) in [6.45, 7) is 7.71. The van der Waals surface area contributed by atoms with E-state index in [1.807, 2.05) is 11.3 Å². The van der Waals surface area contributed by atoms with Crippen LogP contribution in [0.1, 0.15) is 40.2 Å². The van der Waals surface area contributed by atoms with Crippen molar-refractivity contribution >= 4 is 33.1 Å². The highest BCUT2D eigenvalue weighted by molar-refractivity contribution is 7.10. The Kier molecular flexibility index (Phi) is 4.13. The van der Waals surface area contributed by atoms with Crippen LogP contribution in [-0.2, 0) is 6.54 Å². The average molecular weight is 385 g/mol. The molecule has 1 unspecified atom stereocenters. The Bertz CT molecular complexity index is 1270. The zero-order valence-corrected chi connectivity index (χ0v) is 17.3. The van der Waals surface area contributed by atoms with Gasteiger partial charge in [0.1, 0.15) is 0 Å². The van der Waals surface area contributed by atoms with Gasteiger partial charge in [-0.15, -0.1) is 11.3 Å². The molecule has 0 aliphatic rings. The molecule has 0 spiro atoms. The molecule has 1 N–H and O–H groups in total. The van der Waals surface area contributed by atoms with Crippen molar-refractivity contribution in [1.82, 2.24) is 9.55 Å². The van der Waals surface area contributed by atoms with Gasteiger partial charge in [-0.2, -0.15) is 0 Å². The highest BCUT2D eigenvalue weighted by Gasteiger charge is 2.28. The van der Waals surface area contributed by atoms with Crippen molar-refractivity contribution in [3.8, 4) is 0 Å². The Balaban J connectivity index is 1.90. The Morgan fingerprint density at radius 3 is 2.39 bits per heavy atom. The first kappa shape index (κ1) is 17.3. The van der Waals surface area contributed by atoms with E-state index in [0.29, 0.717) is 0 Å². The van der Waals surface area contributed by atoms with Crippen LogP contribution in [-0.4, -0.2) is 9.55 Å². The van der Waals surface area contributed by atoms with Crippen LogP contribution < -0.4 is 0 Å². The lowest BCUT2D eigenvalue weighted by Gasteiger charge is -2.18. The van der Waals surface area contributed by atoms with E-state index in [2.05, 4.69) is 96.4 Å². The Hall–Kier alpha value is -2.78. The third-order valence-corrected chi connectivity index (χ3v) is 6.88. The molecule has 5 rings (SSSR count). The number of thiophene rings is 1. The van der Waals surface area contributed by atoms with Crippen LogP contribution in [0.4, 0.5) is 0 Å². The molecule has 5 aromatic rings. The lowest BCUT2D eigenvalue weighted by atomic mass is 9.86. The number of hydrogen-bond donors (Lipinski definition) is 1. The number of benzene rings is 2. The van der Waals surface area contributed by atoms with E-state index in [-0.39, 0.29) is 5.92 Å². The quantitative estimate of drug-likeness (QED) is 0.344. The predicted molar refractivity (Wildman–Crippen MR) is 121 cm³/mol. The molecule has 0 fully saturated rings. The van der Waals surface area contributed by atoms with E-state index in [9.17, 15) is 0 Å². The van der Waals surface area contributed by atoms with E-state index in [0.717, 1.165) is 6.54 Å². The summed E-state index contributed by atoms with van der Waals surface area (Å²) in [7, 11) is 0. The van der Waals surface area contributed by atoms with E-state index >= 15 is 0 Å². The van der Waals surface area contributed by atoms with Crippen LogP contribution in [0.15, 0.2) is 66.0 Å². The minimum absolute atomic E-state index is 0.230. The molecule has 0 aliphatic heterocycles. The fraction of sp³-hybridized carbons (Fsp3) is 0.200. The van der Waals surface area contributed by atoms with Crippen LogP contribution in [0.5, 0.6) is 0 Å². The third kappa shape index (κ3) is 2.46. The van der Waals surface area contributed by atoms with Gasteiger partial charge in [-0.05, 0) is 55.5 Å². The molecular formula is C25H24N2S. The zero-order valence-electron chi connectivity index (χ0n) is 16.5. The number of rotatable bonds is 4. The van der Waals surface area contributed by atoms with Crippen LogP contribution >= 0.6 is 11.3 Å². The molecule has 0 amide bonds. The lowest BCUT2D eigenvalue weighted by molar-refractivity contribution is 0.759. The van der Waals surface area contributed by atoms with Gasteiger partial charge < -0.3 is 9.55 Å². The number of H-pyrrole nitrogens is 1. The lowest BCUT2D eigenvalue weighted by Crippen LogP contribution is -2.06. The third-order valence-electron chi connectivity index (χ3n) is 5.94. The van der Waals surface area contributed by atoms with Crippen molar-refractivity contribution in [3.63, 3.8) is 0 Å². The SMILES string of the molecule is CCn1c(C)c(C(c2cccs2)c2c(C)[nH]c3ccccc23)c2ccccc21. The van der Waals surface area contributed by atoms with Crippen molar-refractivity contribution in [1.29, 1.82) is 0 Å². The van der Waals surface area contributed by atoms with Gasteiger partial charge in [0.25, 0.3) is 0 Å². The number of nitrogens with one attached hydrogen (secondary N) is 1. The minimum Gasteiger partial charge on any atom is -0.358 e. The maximum absolute atomic E-state index is 3.63. The molecule has 0 saturated heterocycles. The van der Waals surface area contributed by atoms with Gasteiger partial charge in [0.15, 0.2) is 0 Å². The number of aryl methyl sites for hydroxylation is 2. The number of aromatic amines is 1. The smallest absolute Gasteiger partial charge is 0.0485 e. The molecule has 140 valence electrons. The number of para-hydroxylation sites is 2. The van der Waals surface area contributed by atoms with Crippen molar-refractivity contribution in [2.24, 2.45) is 0 Å². The highest BCUT2D eigenvalue weighted by atomic mass is 32.1. The number of hydrogen-bond acceptors (Lipinski definition) is 1. The summed E-state index contributed by atoms with van der Waals surface area (Å²) in [6, 6.07) is 22.0. The van der Waals surface area contributed by atoms with Crippen molar-refractivity contribution in [2.75, 3.05) is 0 Å². The second-order valence-corrected chi connectivity index (χ2v) is 8.40. The number of fused-ring (bicyclic) bond motifs is 2. The maximum Gasteiger partial charge on any atom is 0.0485 e. The zero-order chi connectivity index (χ0) is 19.3. The molecule has 28 heavy (non-hydrogen) atoms. The van der Waals surface area contributed by atoms with Gasteiger partial charge >= 0.3 is 0 Å². The Labute approximate surface area is 169 Å². The summed E-state index contributed by atoms with van der Waals surface area (Å²) in [5.41, 5.74) is 8.01. The van der Waals surface area contributed by atoms with E-state index in [1.54, 1.807) is 0 Å². The minimum atomic E-state index is 0.230. The second kappa shape index (κ2) is 6.68. The summed E-state index contributed by atoms with van der Waals surface area (Å²) in [5, 5.41) is 4.89. The van der Waals surface area contributed by atoms with Crippen LogP contribution in [0, 0.1) is 13.8 Å². The summed E-state index contributed by atoms with van der Waals surface area (Å²) in [4.78, 5) is 5.02. The summed E-state index contributed by atoms with van der Waals surface area (Å²) in [6.07, 6.45) is 0. The van der Waals surface area contributed by atoms with Crippen molar-refractivity contribution in [2.45, 2.75) is 33.2 Å². The largest absolute Gasteiger partial charge is 0.358 e. The molecule has 3 aromatic heterocycles. The van der Waals surface area contributed by atoms with Crippen molar-refractivity contribution in [3.05, 3.63) is 93.4 Å². The van der Waals surface area contributed by atoms with E-state index in [1.165, 1.54) is 49.2 Å². The average Bonchev–Trinajstić information content (AvgIpc) is 3.40. The number of aromatic nitrogens is 2. The van der Waals surface area contributed by atoms with Gasteiger partial charge in [0, 0.05) is 50.5 Å². The van der Waals surface area contributed by atoms with Crippen LogP contribution in [0.25, 0.3) is 21.8 Å². The second-order valence-electron chi connectivity index (χ2n) is 7.42. The summed E-state index contributed by atoms with van der Waals surface area (Å²) < 4.78 is 2.45. The standard InChI is InChI=1S/C25H24N2S/c1-4-27-17(3)24(19-11-6-8-13-21(19)27)25(22-14-9-15-28-22)23-16(2)26-20-12-7-5-10-18(20)23/h5-15,25-26H,4H2,1-3H3.